The topological polar surface area (TPSA) is 136 Å². The van der Waals surface area contributed by atoms with Gasteiger partial charge < -0.3 is 29.2 Å². The zero-order valence-corrected chi connectivity index (χ0v) is 23.3. The van der Waals surface area contributed by atoms with Gasteiger partial charge in [0.15, 0.2) is 6.29 Å². The molecule has 220 valence electrons. The molecular formula is C32H34N2O8. The lowest BCUT2D eigenvalue weighted by Crippen LogP contribution is -2.09. The molecular weight excluding hydrogens is 540 g/mol. The molecule has 0 spiro atoms. The summed E-state index contributed by atoms with van der Waals surface area (Å²) in [5.41, 5.74) is 1.72. The molecule has 3 aromatic rings. The smallest absolute Gasteiger partial charge is 0.343 e. The second kappa shape index (κ2) is 17.1. The predicted octanol–water partition coefficient (Wildman–Crippen LogP) is 5.31. The summed E-state index contributed by atoms with van der Waals surface area (Å²) in [6.07, 6.45) is 7.10. The van der Waals surface area contributed by atoms with E-state index in [1.807, 2.05) is 0 Å². The highest BCUT2D eigenvalue weighted by molar-refractivity contribution is 5.95. The van der Waals surface area contributed by atoms with Gasteiger partial charge in [-0.3, -0.25) is 0 Å². The van der Waals surface area contributed by atoms with E-state index in [1.165, 1.54) is 37.7 Å². The van der Waals surface area contributed by atoms with E-state index in [2.05, 4.69) is 21.5 Å². The summed E-state index contributed by atoms with van der Waals surface area (Å²) in [4.78, 5) is 24.2. The van der Waals surface area contributed by atoms with Crippen LogP contribution in [0.4, 0.5) is 0 Å². The molecule has 1 unspecified atom stereocenters. The maximum Gasteiger partial charge on any atom is 0.343 e. The number of carbonyl (C=O) groups is 2. The van der Waals surface area contributed by atoms with Crippen LogP contribution in [0.25, 0.3) is 0 Å². The van der Waals surface area contributed by atoms with Crippen LogP contribution in [-0.2, 0) is 9.47 Å². The highest BCUT2D eigenvalue weighted by Gasteiger charge is 2.11. The van der Waals surface area contributed by atoms with Gasteiger partial charge >= 0.3 is 11.9 Å². The van der Waals surface area contributed by atoms with Gasteiger partial charge in [-0.15, -0.1) is 0 Å². The number of phenols is 1. The van der Waals surface area contributed by atoms with Crippen molar-refractivity contribution in [3.05, 3.63) is 102 Å². The van der Waals surface area contributed by atoms with E-state index < -0.39 is 18.2 Å². The number of phenolic OH excluding ortho intramolecular Hbond substituents is 1. The van der Waals surface area contributed by atoms with Crippen LogP contribution in [0.3, 0.4) is 0 Å². The minimum Gasteiger partial charge on any atom is -0.507 e. The maximum atomic E-state index is 12.5. The van der Waals surface area contributed by atoms with E-state index in [0.717, 1.165) is 31.2 Å². The lowest BCUT2D eigenvalue weighted by Gasteiger charge is -2.09. The van der Waals surface area contributed by atoms with Crippen molar-refractivity contribution in [2.75, 3.05) is 20.3 Å². The molecule has 3 rings (SSSR count). The van der Waals surface area contributed by atoms with E-state index in [4.69, 9.17) is 14.2 Å². The Morgan fingerprint density at radius 2 is 1.45 bits per heavy atom. The third kappa shape index (κ3) is 10.6. The number of benzene rings is 3. The Kier molecular flexibility index (Phi) is 12.9. The minimum atomic E-state index is -0.905. The standard InChI is InChI=1S/C32H34N2O8/c1-3-30(36)41-19-7-5-4-6-18-40-26-15-11-25(12-16-26)31(37)42-27-13-8-23(9-14-27)21-33-34-22-24-10-17-29(35)28(20-24)32(38)39-2/h3,8-17,20-22,30,35-36H,1,4-7,18-19H2,2H3/b33-21+,34-22+. The summed E-state index contributed by atoms with van der Waals surface area (Å²) in [6, 6.07) is 17.9. The van der Waals surface area contributed by atoms with Crippen molar-refractivity contribution in [3.8, 4) is 17.2 Å². The number of esters is 2. The Hall–Kier alpha value is -4.80. The van der Waals surface area contributed by atoms with Crippen LogP contribution in [0.5, 0.6) is 17.2 Å². The van der Waals surface area contributed by atoms with E-state index in [-0.39, 0.29) is 11.3 Å². The summed E-state index contributed by atoms with van der Waals surface area (Å²) < 4.78 is 21.0. The SMILES string of the molecule is C=CC(O)OCCCCCCOc1ccc(C(=O)Oc2ccc(/C=N/N=C/c3ccc(O)c(C(=O)OC)c3)cc2)cc1. The molecule has 0 aliphatic carbocycles. The molecule has 0 aliphatic rings. The number of methoxy groups -OCH3 is 1. The van der Waals surface area contributed by atoms with Crippen molar-refractivity contribution in [1.29, 1.82) is 0 Å². The van der Waals surface area contributed by atoms with E-state index in [0.29, 0.717) is 35.8 Å². The zero-order valence-electron chi connectivity index (χ0n) is 23.3. The van der Waals surface area contributed by atoms with Gasteiger partial charge in [0.05, 0.1) is 38.3 Å². The van der Waals surface area contributed by atoms with Gasteiger partial charge in [-0.05, 0) is 103 Å². The molecule has 0 fully saturated rings. The number of rotatable bonds is 16. The Morgan fingerprint density at radius 1 is 0.833 bits per heavy atom. The second-order valence-corrected chi connectivity index (χ2v) is 9.00. The number of aliphatic hydroxyl groups excluding tert-OH is 1. The summed E-state index contributed by atoms with van der Waals surface area (Å²) in [5.74, 6) is -0.273. The van der Waals surface area contributed by atoms with Crippen molar-refractivity contribution >= 4 is 24.4 Å². The van der Waals surface area contributed by atoms with E-state index >= 15 is 0 Å². The van der Waals surface area contributed by atoms with Crippen LogP contribution < -0.4 is 9.47 Å². The highest BCUT2D eigenvalue weighted by Crippen LogP contribution is 2.19. The average molecular weight is 575 g/mol. The first-order valence-electron chi connectivity index (χ1n) is 13.3. The van der Waals surface area contributed by atoms with Crippen molar-refractivity contribution in [1.82, 2.24) is 0 Å². The van der Waals surface area contributed by atoms with Crippen LogP contribution in [0, 0.1) is 0 Å². The third-order valence-corrected chi connectivity index (χ3v) is 5.88. The van der Waals surface area contributed by atoms with Crippen molar-refractivity contribution in [2.45, 2.75) is 32.0 Å². The van der Waals surface area contributed by atoms with E-state index in [1.54, 1.807) is 54.6 Å². The first-order chi connectivity index (χ1) is 20.4. The van der Waals surface area contributed by atoms with Crippen molar-refractivity contribution in [3.63, 3.8) is 0 Å². The quantitative estimate of drug-likeness (QED) is 0.0447. The molecule has 42 heavy (non-hydrogen) atoms. The van der Waals surface area contributed by atoms with Crippen molar-refractivity contribution < 1.29 is 38.7 Å². The molecule has 1 atom stereocenters. The molecule has 0 saturated heterocycles. The summed E-state index contributed by atoms with van der Waals surface area (Å²) in [5, 5.41) is 26.9. The fraction of sp³-hybridized carbons (Fsp3) is 0.250. The second-order valence-electron chi connectivity index (χ2n) is 9.00. The van der Waals surface area contributed by atoms with Crippen molar-refractivity contribution in [2.24, 2.45) is 10.2 Å². The fourth-order valence-corrected chi connectivity index (χ4v) is 3.60. The molecule has 10 nitrogen and oxygen atoms in total. The summed E-state index contributed by atoms with van der Waals surface area (Å²) in [7, 11) is 1.23. The molecule has 0 heterocycles. The Morgan fingerprint density at radius 3 is 2.12 bits per heavy atom. The Balaban J connectivity index is 1.40. The van der Waals surface area contributed by atoms with Gasteiger partial charge in [0, 0.05) is 0 Å². The first-order valence-corrected chi connectivity index (χ1v) is 13.3. The Labute approximate surface area is 244 Å². The number of aromatic hydroxyl groups is 1. The molecule has 2 N–H and O–H groups in total. The lowest BCUT2D eigenvalue weighted by atomic mass is 10.1. The number of unbranched alkanes of at least 4 members (excludes halogenated alkanes) is 3. The van der Waals surface area contributed by atoms with Crippen LogP contribution in [0.2, 0.25) is 0 Å². The summed E-state index contributed by atoms with van der Waals surface area (Å²) >= 11 is 0. The third-order valence-electron chi connectivity index (χ3n) is 5.88. The largest absolute Gasteiger partial charge is 0.507 e. The number of hydrogen-bond acceptors (Lipinski definition) is 10. The minimum absolute atomic E-state index is 0.0344. The normalized spacial score (nSPS) is 11.9. The van der Waals surface area contributed by atoms with Crippen LogP contribution in [0.15, 0.2) is 89.6 Å². The van der Waals surface area contributed by atoms with Gasteiger partial charge in [0.1, 0.15) is 22.8 Å². The monoisotopic (exact) mass is 574 g/mol. The number of ether oxygens (including phenoxy) is 4. The maximum absolute atomic E-state index is 12.5. The average Bonchev–Trinajstić information content (AvgIpc) is 3.01. The van der Waals surface area contributed by atoms with Gasteiger partial charge in [0.2, 0.25) is 0 Å². The molecule has 0 aliphatic heterocycles. The van der Waals surface area contributed by atoms with Crippen LogP contribution in [0.1, 0.15) is 57.5 Å². The van der Waals surface area contributed by atoms with E-state index in [9.17, 15) is 19.8 Å². The number of nitrogens with zero attached hydrogens (tertiary/aromatic N) is 2. The molecule has 0 radical (unpaired) electrons. The number of aliphatic hydroxyl groups is 1. The van der Waals surface area contributed by atoms with Gasteiger partial charge in [0.25, 0.3) is 0 Å². The molecule has 0 amide bonds. The summed E-state index contributed by atoms with van der Waals surface area (Å²) in [6.45, 7) is 4.51. The lowest BCUT2D eigenvalue weighted by molar-refractivity contribution is -0.0649. The molecule has 3 aromatic carbocycles. The van der Waals surface area contributed by atoms with Gasteiger partial charge in [-0.25, -0.2) is 9.59 Å². The predicted molar refractivity (Wildman–Crippen MR) is 159 cm³/mol. The molecule has 0 aromatic heterocycles. The molecule has 10 heteroatoms. The molecule has 0 bridgehead atoms. The van der Waals surface area contributed by atoms with Crippen LogP contribution in [-0.4, -0.2) is 61.2 Å². The number of carbonyl (C=O) groups excluding carboxylic acids is 2. The van der Waals surface area contributed by atoms with Gasteiger partial charge in [-0.1, -0.05) is 13.0 Å². The Bertz CT molecular complexity index is 1370. The van der Waals surface area contributed by atoms with Crippen LogP contribution >= 0.6 is 0 Å². The van der Waals surface area contributed by atoms with Gasteiger partial charge in [-0.2, -0.15) is 10.2 Å². The molecule has 0 saturated carbocycles. The fourth-order valence-electron chi connectivity index (χ4n) is 3.60. The highest BCUT2D eigenvalue weighted by atomic mass is 16.6. The zero-order chi connectivity index (χ0) is 30.2. The first kappa shape index (κ1) is 31.7. The number of hydrogen-bond donors (Lipinski definition) is 2.